The molecule has 0 unspecified atom stereocenters. The predicted molar refractivity (Wildman–Crippen MR) is 101 cm³/mol. The third kappa shape index (κ3) is 4.47. The average Bonchev–Trinajstić information content (AvgIpc) is 2.56. The second kappa shape index (κ2) is 8.48. The van der Waals surface area contributed by atoms with Gasteiger partial charge in [-0.2, -0.15) is 0 Å². The van der Waals surface area contributed by atoms with E-state index in [-0.39, 0.29) is 0 Å². The Kier molecular flexibility index (Phi) is 6.61. The maximum Gasteiger partial charge on any atom is 0.343 e. The molecule has 0 radical (unpaired) electrons. The molecule has 0 saturated heterocycles. The lowest BCUT2D eigenvalue weighted by atomic mass is 10.2. The van der Waals surface area contributed by atoms with Gasteiger partial charge in [-0.25, -0.2) is 9.59 Å². The van der Waals surface area contributed by atoms with E-state index in [0.717, 1.165) is 3.57 Å². The van der Waals surface area contributed by atoms with Crippen LogP contribution in [0.15, 0.2) is 40.9 Å². The van der Waals surface area contributed by atoms with E-state index in [4.69, 9.17) is 14.2 Å². The summed E-state index contributed by atoms with van der Waals surface area (Å²) in [5.41, 5.74) is 0.782. The molecule has 126 valence electrons. The van der Waals surface area contributed by atoms with Crippen LogP contribution in [0.2, 0.25) is 0 Å². The number of halogens is 2. The molecule has 0 bridgehead atoms. The summed E-state index contributed by atoms with van der Waals surface area (Å²) in [6.45, 7) is 2.03. The number of benzene rings is 2. The van der Waals surface area contributed by atoms with Gasteiger partial charge in [0.25, 0.3) is 0 Å². The summed E-state index contributed by atoms with van der Waals surface area (Å²) >= 11 is 5.38. The summed E-state index contributed by atoms with van der Waals surface area (Å²) < 4.78 is 16.8. The Morgan fingerprint density at radius 2 is 1.67 bits per heavy atom. The molecule has 2 aromatic carbocycles. The highest BCUT2D eigenvalue weighted by molar-refractivity contribution is 14.1. The van der Waals surface area contributed by atoms with Crippen LogP contribution in [0.1, 0.15) is 27.6 Å². The van der Waals surface area contributed by atoms with Gasteiger partial charge in [0, 0.05) is 0 Å². The zero-order valence-corrected chi connectivity index (χ0v) is 16.7. The van der Waals surface area contributed by atoms with Crippen molar-refractivity contribution in [1.82, 2.24) is 0 Å². The van der Waals surface area contributed by atoms with Gasteiger partial charge in [0.1, 0.15) is 11.5 Å². The quantitative estimate of drug-likeness (QED) is 0.342. The van der Waals surface area contributed by atoms with Crippen molar-refractivity contribution in [1.29, 1.82) is 0 Å². The molecule has 0 fully saturated rings. The molecule has 0 aromatic heterocycles. The summed E-state index contributed by atoms with van der Waals surface area (Å²) in [4.78, 5) is 23.9. The first-order valence-electron chi connectivity index (χ1n) is 6.98. The highest BCUT2D eigenvalue weighted by Gasteiger charge is 2.15. The highest BCUT2D eigenvalue weighted by Crippen LogP contribution is 2.28. The van der Waals surface area contributed by atoms with Crippen molar-refractivity contribution in [2.24, 2.45) is 0 Å². The lowest BCUT2D eigenvalue weighted by molar-refractivity contribution is 0.0526. The molecule has 0 spiro atoms. The summed E-state index contributed by atoms with van der Waals surface area (Å²) in [6, 6.07) is 9.66. The molecule has 24 heavy (non-hydrogen) atoms. The van der Waals surface area contributed by atoms with Crippen molar-refractivity contribution in [3.63, 3.8) is 0 Å². The van der Waals surface area contributed by atoms with E-state index in [1.807, 2.05) is 0 Å². The van der Waals surface area contributed by atoms with Crippen molar-refractivity contribution >= 4 is 50.5 Å². The van der Waals surface area contributed by atoms with Crippen LogP contribution < -0.4 is 9.47 Å². The molecule has 0 aliphatic carbocycles. The SMILES string of the molecule is CCOC(=O)c1ccc(OC(=O)c2ccc(OC)c(I)c2)c(Br)c1. The van der Waals surface area contributed by atoms with E-state index in [2.05, 4.69) is 38.5 Å². The molecule has 0 atom stereocenters. The Labute approximate surface area is 161 Å². The lowest BCUT2D eigenvalue weighted by Gasteiger charge is -2.09. The predicted octanol–water partition coefficient (Wildman–Crippen LogP) is 4.46. The van der Waals surface area contributed by atoms with Crippen LogP contribution in [0.5, 0.6) is 11.5 Å². The van der Waals surface area contributed by atoms with Gasteiger partial charge in [0.2, 0.25) is 0 Å². The van der Waals surface area contributed by atoms with Gasteiger partial charge >= 0.3 is 11.9 Å². The van der Waals surface area contributed by atoms with E-state index < -0.39 is 11.9 Å². The van der Waals surface area contributed by atoms with Crippen molar-refractivity contribution in [2.45, 2.75) is 6.92 Å². The molecular formula is C17H14BrIO5. The van der Waals surface area contributed by atoms with E-state index in [0.29, 0.717) is 33.7 Å². The fourth-order valence-electron chi connectivity index (χ4n) is 1.88. The summed E-state index contributed by atoms with van der Waals surface area (Å²) in [6.07, 6.45) is 0. The third-order valence-corrected chi connectivity index (χ3v) is 4.50. The molecule has 0 saturated carbocycles. The van der Waals surface area contributed by atoms with Gasteiger partial charge in [0.05, 0.1) is 32.9 Å². The first-order chi connectivity index (χ1) is 11.5. The number of rotatable bonds is 5. The van der Waals surface area contributed by atoms with Gasteiger partial charge in [0.15, 0.2) is 0 Å². The zero-order valence-electron chi connectivity index (χ0n) is 13.0. The molecule has 2 aromatic rings. The average molecular weight is 505 g/mol. The standard InChI is InChI=1S/C17H14BrIO5/c1-3-23-16(20)10-4-6-14(12(18)8-10)24-17(21)11-5-7-15(22-2)13(19)9-11/h4-9H,3H2,1-2H3. The maximum atomic E-state index is 12.3. The monoisotopic (exact) mass is 504 g/mol. The molecule has 0 N–H and O–H groups in total. The molecule has 0 aliphatic rings. The number of carbonyl (C=O) groups excluding carboxylic acids is 2. The Morgan fingerprint density at radius 3 is 2.21 bits per heavy atom. The van der Waals surface area contributed by atoms with E-state index in [1.54, 1.807) is 50.4 Å². The van der Waals surface area contributed by atoms with Crippen LogP contribution in [0.25, 0.3) is 0 Å². The van der Waals surface area contributed by atoms with Crippen LogP contribution in [0.4, 0.5) is 0 Å². The number of hydrogen-bond acceptors (Lipinski definition) is 5. The topological polar surface area (TPSA) is 61.8 Å². The molecule has 2 rings (SSSR count). The van der Waals surface area contributed by atoms with Gasteiger partial charge in [-0.3, -0.25) is 0 Å². The summed E-state index contributed by atoms with van der Waals surface area (Å²) in [5, 5.41) is 0. The van der Waals surface area contributed by atoms with Crippen LogP contribution in [0.3, 0.4) is 0 Å². The number of esters is 2. The first kappa shape index (κ1) is 18.7. The van der Waals surface area contributed by atoms with Crippen molar-refractivity contribution in [3.05, 3.63) is 55.6 Å². The fraction of sp³-hybridized carbons (Fsp3) is 0.176. The Hall–Kier alpha value is -1.61. The van der Waals surface area contributed by atoms with Crippen LogP contribution in [-0.2, 0) is 4.74 Å². The van der Waals surface area contributed by atoms with Crippen LogP contribution >= 0.6 is 38.5 Å². The smallest absolute Gasteiger partial charge is 0.343 e. The Balaban J connectivity index is 2.17. The molecule has 0 heterocycles. The van der Waals surface area contributed by atoms with Crippen LogP contribution in [0, 0.1) is 3.57 Å². The van der Waals surface area contributed by atoms with Crippen molar-refractivity contribution < 1.29 is 23.8 Å². The largest absolute Gasteiger partial charge is 0.496 e. The molecule has 7 heteroatoms. The third-order valence-electron chi connectivity index (χ3n) is 3.03. The number of methoxy groups -OCH3 is 1. The maximum absolute atomic E-state index is 12.3. The minimum Gasteiger partial charge on any atom is -0.496 e. The zero-order chi connectivity index (χ0) is 17.7. The second-order valence-corrected chi connectivity index (χ2v) is 6.62. The second-order valence-electron chi connectivity index (χ2n) is 4.60. The first-order valence-corrected chi connectivity index (χ1v) is 8.85. The van der Waals surface area contributed by atoms with Gasteiger partial charge in [-0.05, 0) is 81.8 Å². The molecular weight excluding hydrogens is 491 g/mol. The van der Waals surface area contributed by atoms with Crippen molar-refractivity contribution in [2.75, 3.05) is 13.7 Å². The fourth-order valence-corrected chi connectivity index (χ4v) is 3.07. The Bertz CT molecular complexity index is 776. The van der Waals surface area contributed by atoms with Gasteiger partial charge in [-0.15, -0.1) is 0 Å². The lowest BCUT2D eigenvalue weighted by Crippen LogP contribution is -2.10. The number of ether oxygens (including phenoxy) is 3. The Morgan fingerprint density at radius 1 is 1.04 bits per heavy atom. The van der Waals surface area contributed by atoms with Crippen molar-refractivity contribution in [3.8, 4) is 11.5 Å². The number of carbonyl (C=O) groups is 2. The van der Waals surface area contributed by atoms with E-state index in [1.165, 1.54) is 0 Å². The minimum atomic E-state index is -0.500. The van der Waals surface area contributed by atoms with Gasteiger partial charge in [-0.1, -0.05) is 0 Å². The summed E-state index contributed by atoms with van der Waals surface area (Å²) in [5.74, 6) is 0.0759. The highest BCUT2D eigenvalue weighted by atomic mass is 127. The minimum absolute atomic E-state index is 0.295. The number of hydrogen-bond donors (Lipinski definition) is 0. The molecule has 0 aliphatic heterocycles. The van der Waals surface area contributed by atoms with Gasteiger partial charge < -0.3 is 14.2 Å². The molecule has 5 nitrogen and oxygen atoms in total. The van der Waals surface area contributed by atoms with Crippen LogP contribution in [-0.4, -0.2) is 25.7 Å². The van der Waals surface area contributed by atoms with E-state index in [9.17, 15) is 9.59 Å². The normalized spacial score (nSPS) is 10.2. The van der Waals surface area contributed by atoms with E-state index >= 15 is 0 Å². The summed E-state index contributed by atoms with van der Waals surface area (Å²) in [7, 11) is 1.57. The molecule has 0 amide bonds.